The Kier molecular flexibility index (Phi) is 5.86. The fourth-order valence-corrected chi connectivity index (χ4v) is 3.91. The van der Waals surface area contributed by atoms with Gasteiger partial charge in [0, 0.05) is 0 Å². The zero-order valence-corrected chi connectivity index (χ0v) is 17.4. The molecule has 2 rings (SSSR count). The van der Waals surface area contributed by atoms with Gasteiger partial charge >= 0.3 is 0 Å². The third kappa shape index (κ3) is 3.96. The summed E-state index contributed by atoms with van der Waals surface area (Å²) < 4.78 is 13.2. The first-order chi connectivity index (χ1) is 12.0. The quantitative estimate of drug-likeness (QED) is 0.688. The monoisotopic (exact) mass is 374 g/mol. The average Bonchev–Trinajstić information content (AvgIpc) is 2.61. The molecular formula is C22H30O3S. The highest BCUT2D eigenvalue weighted by Gasteiger charge is 2.25. The van der Waals surface area contributed by atoms with E-state index in [1.807, 2.05) is 12.1 Å². The van der Waals surface area contributed by atoms with E-state index in [1.165, 1.54) is 0 Å². The number of hydrogen-bond donors (Lipinski definition) is 2. The average molecular weight is 375 g/mol. The molecule has 0 aliphatic heterocycles. The lowest BCUT2D eigenvalue weighted by atomic mass is 9.82. The molecule has 0 amide bonds. The Morgan fingerprint density at radius 3 is 1.42 bits per heavy atom. The van der Waals surface area contributed by atoms with Gasteiger partial charge in [-0.05, 0) is 59.1 Å². The van der Waals surface area contributed by atoms with Gasteiger partial charge < -0.3 is 10.2 Å². The SMILES string of the molecule is CCC(C)(C)c1ccc(O)c(S(=O)c2cc(C(C)(C)CC)ccc2O)c1. The first kappa shape index (κ1) is 20.5. The van der Waals surface area contributed by atoms with Crippen molar-refractivity contribution in [2.24, 2.45) is 0 Å². The molecule has 26 heavy (non-hydrogen) atoms. The molecule has 0 aliphatic carbocycles. The molecule has 3 nitrogen and oxygen atoms in total. The predicted molar refractivity (Wildman–Crippen MR) is 108 cm³/mol. The van der Waals surface area contributed by atoms with Crippen LogP contribution in [0.15, 0.2) is 46.2 Å². The number of phenols is 2. The van der Waals surface area contributed by atoms with Gasteiger partial charge in [0.15, 0.2) is 0 Å². The lowest BCUT2D eigenvalue weighted by molar-refractivity contribution is 0.453. The standard InChI is InChI=1S/C22H30O3S/c1-7-21(3,4)15-9-11-17(23)19(13-15)26(25)20-14-16(10-12-18(20)24)22(5,6)8-2/h9-14,23-24H,7-8H2,1-6H3. The molecule has 4 heteroatoms. The zero-order valence-electron chi connectivity index (χ0n) is 16.6. The van der Waals surface area contributed by atoms with Crippen molar-refractivity contribution in [1.29, 1.82) is 0 Å². The van der Waals surface area contributed by atoms with Crippen molar-refractivity contribution in [3.63, 3.8) is 0 Å². The van der Waals surface area contributed by atoms with Gasteiger partial charge in [-0.2, -0.15) is 0 Å². The van der Waals surface area contributed by atoms with Gasteiger partial charge in [-0.15, -0.1) is 0 Å². The topological polar surface area (TPSA) is 57.5 Å². The second-order valence-corrected chi connectivity index (χ2v) is 9.53. The first-order valence-corrected chi connectivity index (χ1v) is 10.3. The summed E-state index contributed by atoms with van der Waals surface area (Å²) in [6.07, 6.45) is 1.85. The molecule has 0 aliphatic rings. The molecule has 2 aromatic carbocycles. The van der Waals surface area contributed by atoms with E-state index in [-0.39, 0.29) is 22.3 Å². The summed E-state index contributed by atoms with van der Waals surface area (Å²) in [6.45, 7) is 12.7. The second-order valence-electron chi connectivity index (χ2n) is 8.11. The van der Waals surface area contributed by atoms with E-state index in [0.717, 1.165) is 24.0 Å². The number of phenolic OH excluding ortho intramolecular Hbond substituents is 2. The Balaban J connectivity index is 2.56. The van der Waals surface area contributed by atoms with E-state index in [0.29, 0.717) is 9.79 Å². The number of rotatable bonds is 6. The minimum absolute atomic E-state index is 0.0152. The molecule has 0 saturated carbocycles. The van der Waals surface area contributed by atoms with Crippen LogP contribution in [0.3, 0.4) is 0 Å². The summed E-state index contributed by atoms with van der Waals surface area (Å²) >= 11 is 0. The summed E-state index contributed by atoms with van der Waals surface area (Å²) in [5.74, 6) is -0.0305. The zero-order chi connectivity index (χ0) is 19.7. The molecule has 2 aromatic rings. The molecule has 0 atom stereocenters. The smallest absolute Gasteiger partial charge is 0.132 e. The van der Waals surface area contributed by atoms with Crippen molar-refractivity contribution < 1.29 is 14.4 Å². The molecule has 0 bridgehead atoms. The van der Waals surface area contributed by atoms with E-state index >= 15 is 0 Å². The van der Waals surface area contributed by atoms with E-state index in [4.69, 9.17) is 0 Å². The Labute approximate surface area is 159 Å². The lowest BCUT2D eigenvalue weighted by Crippen LogP contribution is -2.16. The van der Waals surface area contributed by atoms with Crippen molar-refractivity contribution in [2.45, 2.75) is 75.0 Å². The van der Waals surface area contributed by atoms with Crippen LogP contribution in [0, 0.1) is 0 Å². The van der Waals surface area contributed by atoms with Crippen LogP contribution < -0.4 is 0 Å². The number of hydrogen-bond acceptors (Lipinski definition) is 3. The fourth-order valence-electron chi connectivity index (χ4n) is 2.69. The Hall–Kier alpha value is -1.81. The van der Waals surface area contributed by atoms with E-state index in [9.17, 15) is 14.4 Å². The summed E-state index contributed by atoms with van der Waals surface area (Å²) in [4.78, 5) is 0.677. The minimum Gasteiger partial charge on any atom is -0.507 e. The van der Waals surface area contributed by atoms with Crippen LogP contribution in [0.2, 0.25) is 0 Å². The molecular weight excluding hydrogens is 344 g/mol. The van der Waals surface area contributed by atoms with Crippen LogP contribution >= 0.6 is 0 Å². The Morgan fingerprint density at radius 1 is 0.769 bits per heavy atom. The second kappa shape index (κ2) is 7.43. The molecule has 2 N–H and O–H groups in total. The maximum Gasteiger partial charge on any atom is 0.132 e. The highest BCUT2D eigenvalue weighted by molar-refractivity contribution is 7.85. The lowest BCUT2D eigenvalue weighted by Gasteiger charge is -2.25. The fraction of sp³-hybridized carbons (Fsp3) is 0.455. The maximum absolute atomic E-state index is 13.2. The van der Waals surface area contributed by atoms with Crippen LogP contribution in [-0.2, 0) is 21.6 Å². The van der Waals surface area contributed by atoms with Gasteiger partial charge in [-0.3, -0.25) is 0 Å². The van der Waals surface area contributed by atoms with E-state index in [2.05, 4.69) is 41.5 Å². The van der Waals surface area contributed by atoms with Gasteiger partial charge in [0.05, 0.1) is 20.6 Å². The number of benzene rings is 2. The van der Waals surface area contributed by atoms with E-state index < -0.39 is 10.8 Å². The van der Waals surface area contributed by atoms with E-state index in [1.54, 1.807) is 24.3 Å². The molecule has 0 fully saturated rings. The Bertz CT molecular complexity index is 755. The first-order valence-electron chi connectivity index (χ1n) is 9.12. The third-order valence-corrected chi connectivity index (χ3v) is 7.10. The molecule has 0 radical (unpaired) electrons. The van der Waals surface area contributed by atoms with Crippen LogP contribution in [0.5, 0.6) is 11.5 Å². The molecule has 0 unspecified atom stereocenters. The van der Waals surface area contributed by atoms with Crippen molar-refractivity contribution in [3.8, 4) is 11.5 Å². The summed E-state index contributed by atoms with van der Waals surface area (Å²) in [7, 11) is -1.66. The van der Waals surface area contributed by atoms with Gasteiger partial charge in [-0.25, -0.2) is 4.21 Å². The van der Waals surface area contributed by atoms with Crippen molar-refractivity contribution in [1.82, 2.24) is 0 Å². The van der Waals surface area contributed by atoms with Crippen LogP contribution in [0.4, 0.5) is 0 Å². The van der Waals surface area contributed by atoms with Crippen LogP contribution in [-0.4, -0.2) is 14.4 Å². The van der Waals surface area contributed by atoms with Crippen molar-refractivity contribution in [2.75, 3.05) is 0 Å². The predicted octanol–water partition coefficient (Wildman–Crippen LogP) is 5.64. The largest absolute Gasteiger partial charge is 0.507 e. The van der Waals surface area contributed by atoms with Crippen molar-refractivity contribution >= 4 is 10.8 Å². The van der Waals surface area contributed by atoms with Gasteiger partial charge in [0.2, 0.25) is 0 Å². The van der Waals surface area contributed by atoms with Gasteiger partial charge in [0.1, 0.15) is 11.5 Å². The van der Waals surface area contributed by atoms with Crippen LogP contribution in [0.25, 0.3) is 0 Å². The summed E-state index contributed by atoms with van der Waals surface area (Å²) in [5.41, 5.74) is 1.87. The molecule has 0 aromatic heterocycles. The third-order valence-electron chi connectivity index (χ3n) is 5.65. The molecule has 0 spiro atoms. The molecule has 0 heterocycles. The van der Waals surface area contributed by atoms with Gasteiger partial charge in [-0.1, -0.05) is 53.7 Å². The number of aromatic hydroxyl groups is 2. The normalized spacial score (nSPS) is 12.6. The van der Waals surface area contributed by atoms with Crippen molar-refractivity contribution in [3.05, 3.63) is 47.5 Å². The highest BCUT2D eigenvalue weighted by Crippen LogP contribution is 2.37. The highest BCUT2D eigenvalue weighted by atomic mass is 32.2. The summed E-state index contributed by atoms with van der Waals surface area (Å²) in [5, 5.41) is 20.6. The molecule has 0 saturated heterocycles. The molecule has 142 valence electrons. The maximum atomic E-state index is 13.2. The van der Waals surface area contributed by atoms with Crippen LogP contribution in [0.1, 0.15) is 65.5 Å². The Morgan fingerprint density at radius 2 is 1.12 bits per heavy atom. The minimum atomic E-state index is -1.66. The summed E-state index contributed by atoms with van der Waals surface area (Å²) in [6, 6.07) is 10.5. The van der Waals surface area contributed by atoms with Gasteiger partial charge in [0.25, 0.3) is 0 Å².